The molecule has 1 saturated heterocycles. The molecule has 0 radical (unpaired) electrons. The maximum absolute atomic E-state index is 12.4. The highest BCUT2D eigenvalue weighted by atomic mass is 16.8. The van der Waals surface area contributed by atoms with Crippen LogP contribution in [0, 0.1) is 6.92 Å². The van der Waals surface area contributed by atoms with Gasteiger partial charge in [0.25, 0.3) is 12.0 Å². The van der Waals surface area contributed by atoms with Crippen molar-refractivity contribution < 1.29 is 23.8 Å². The number of hydrogen-bond donors (Lipinski definition) is 1. The number of rotatable bonds is 9. The second-order valence-electron chi connectivity index (χ2n) is 6.78. The Kier molecular flexibility index (Phi) is 6.48. The van der Waals surface area contributed by atoms with Crippen molar-refractivity contribution in [1.29, 1.82) is 0 Å². The Labute approximate surface area is 172 Å². The van der Waals surface area contributed by atoms with Gasteiger partial charge in [0.2, 0.25) is 11.9 Å². The minimum absolute atomic E-state index is 0.169. The zero-order valence-electron chi connectivity index (χ0n) is 16.6. The highest BCUT2D eigenvalue weighted by Gasteiger charge is 2.60. The van der Waals surface area contributed by atoms with E-state index in [1.54, 1.807) is 13.8 Å². The second kappa shape index (κ2) is 9.06. The van der Waals surface area contributed by atoms with Crippen LogP contribution in [-0.4, -0.2) is 40.7 Å². The molecule has 0 aliphatic carbocycles. The van der Waals surface area contributed by atoms with Gasteiger partial charge in [-0.15, -0.1) is 5.16 Å². The Morgan fingerprint density at radius 1 is 1.33 bits per heavy atom. The number of ether oxygens (including phenoxy) is 3. The summed E-state index contributed by atoms with van der Waals surface area (Å²) in [4.78, 5) is 43.1. The van der Waals surface area contributed by atoms with Crippen molar-refractivity contribution in [1.82, 2.24) is 9.55 Å². The molecule has 0 bridgehead atoms. The summed E-state index contributed by atoms with van der Waals surface area (Å²) in [6.45, 7) is 7.05. The van der Waals surface area contributed by atoms with Crippen LogP contribution in [0.2, 0.25) is 0 Å². The monoisotopic (exact) mass is 417 g/mol. The number of aromatic nitrogens is 2. The molecule has 1 aliphatic rings. The Morgan fingerprint density at radius 3 is 2.70 bits per heavy atom. The Hall–Kier alpha value is -3.24. The number of aryl methyl sites for hydroxylation is 1. The number of aromatic amines is 1. The normalized spacial score (nSPS) is 25.6. The van der Waals surface area contributed by atoms with E-state index >= 15 is 0 Å². The zero-order chi connectivity index (χ0) is 21.7. The maximum atomic E-state index is 12.4. The van der Waals surface area contributed by atoms with Gasteiger partial charge in [-0.25, -0.2) is 4.79 Å². The van der Waals surface area contributed by atoms with E-state index in [0.717, 1.165) is 10.1 Å². The second-order valence-corrected chi connectivity index (χ2v) is 6.78. The lowest BCUT2D eigenvalue weighted by Gasteiger charge is -2.31. The van der Waals surface area contributed by atoms with Crippen LogP contribution in [0.15, 0.2) is 51.3 Å². The van der Waals surface area contributed by atoms with Crippen LogP contribution in [-0.2, 0) is 30.4 Å². The van der Waals surface area contributed by atoms with Gasteiger partial charge in [-0.05, 0) is 12.5 Å². The molecule has 10 heteroatoms. The van der Waals surface area contributed by atoms with Crippen LogP contribution in [0.5, 0.6) is 0 Å². The van der Waals surface area contributed by atoms with Crippen molar-refractivity contribution in [3.8, 4) is 0 Å². The lowest BCUT2D eigenvalue weighted by molar-refractivity contribution is -0.257. The van der Waals surface area contributed by atoms with Crippen LogP contribution in [0.4, 0.5) is 0 Å². The third-order valence-corrected chi connectivity index (χ3v) is 4.96. The molecule has 1 fully saturated rings. The van der Waals surface area contributed by atoms with Gasteiger partial charge in [0.15, 0.2) is 12.3 Å². The largest absolute Gasteiger partial charge is 0.432 e. The van der Waals surface area contributed by atoms with Gasteiger partial charge in [0, 0.05) is 24.9 Å². The molecule has 30 heavy (non-hydrogen) atoms. The summed E-state index contributed by atoms with van der Waals surface area (Å²) >= 11 is 0. The predicted molar refractivity (Wildman–Crippen MR) is 106 cm³/mol. The number of H-pyrrole nitrogens is 1. The van der Waals surface area contributed by atoms with Crippen LogP contribution < -0.4 is 11.2 Å². The van der Waals surface area contributed by atoms with Gasteiger partial charge in [-0.3, -0.25) is 19.1 Å². The smallest absolute Gasteiger partial charge is 0.330 e. The summed E-state index contributed by atoms with van der Waals surface area (Å²) in [5.74, 6) is -1.54. The van der Waals surface area contributed by atoms with E-state index in [1.807, 2.05) is 30.3 Å². The van der Waals surface area contributed by atoms with E-state index in [-0.39, 0.29) is 25.1 Å². The van der Waals surface area contributed by atoms with Gasteiger partial charge in [-0.2, -0.15) is 0 Å². The fraction of sp³-hybridized carbons (Fsp3) is 0.400. The predicted octanol–water partition coefficient (Wildman–Crippen LogP) is 1.24. The van der Waals surface area contributed by atoms with Crippen LogP contribution in [0.3, 0.4) is 0 Å². The molecule has 2 heterocycles. The molecule has 4 atom stereocenters. The first kappa shape index (κ1) is 21.5. The molecule has 160 valence electrons. The first-order valence-corrected chi connectivity index (χ1v) is 9.34. The number of nitrogens with one attached hydrogen (secondary N) is 1. The molecule has 1 aromatic carbocycles. The van der Waals surface area contributed by atoms with Gasteiger partial charge in [0.1, 0.15) is 0 Å². The molecule has 0 amide bonds. The number of nitrogens with zero attached hydrogens (tertiary/aromatic N) is 2. The molecular formula is C20H23N3O7. The van der Waals surface area contributed by atoms with Crippen LogP contribution >= 0.6 is 0 Å². The highest BCUT2D eigenvalue weighted by molar-refractivity contribution is 5.38. The van der Waals surface area contributed by atoms with E-state index in [4.69, 9.17) is 19.0 Å². The zero-order valence-corrected chi connectivity index (χ0v) is 16.6. The summed E-state index contributed by atoms with van der Waals surface area (Å²) < 4.78 is 18.5. The summed E-state index contributed by atoms with van der Waals surface area (Å²) in [7, 11) is 0. The third-order valence-electron chi connectivity index (χ3n) is 4.96. The van der Waals surface area contributed by atoms with Gasteiger partial charge in [-0.1, -0.05) is 37.3 Å². The Morgan fingerprint density at radius 2 is 2.07 bits per heavy atom. The molecule has 1 unspecified atom stereocenters. The minimum atomic E-state index is -1.54. The standard InChI is InChI=1S/C20H23N3O7/c1-4-20(28-12-24)16(27-11-14-8-6-5-7-9-14)15(30-21-3)18(29-20)23-10-13(2)17(25)22-19(23)26/h5-10,12,15-16,18H,3-4,11H2,1-2H3,(H,22,25,26)/t15-,16?,18+,20+/m0/s1. The molecular weight excluding hydrogens is 394 g/mol. The number of oxime groups is 1. The van der Waals surface area contributed by atoms with Crippen molar-refractivity contribution in [2.24, 2.45) is 5.16 Å². The van der Waals surface area contributed by atoms with E-state index in [0.29, 0.717) is 0 Å². The molecule has 3 rings (SSSR count). The molecule has 10 nitrogen and oxygen atoms in total. The van der Waals surface area contributed by atoms with Crippen LogP contribution in [0.25, 0.3) is 0 Å². The molecule has 0 saturated carbocycles. The van der Waals surface area contributed by atoms with Crippen molar-refractivity contribution in [3.63, 3.8) is 0 Å². The topological polar surface area (TPSA) is 121 Å². The molecule has 0 spiro atoms. The number of carbonyl (C=O) groups is 1. The maximum Gasteiger partial charge on any atom is 0.330 e. The van der Waals surface area contributed by atoms with Crippen molar-refractivity contribution in [2.45, 2.75) is 51.1 Å². The first-order valence-electron chi connectivity index (χ1n) is 9.34. The third kappa shape index (κ3) is 4.05. The number of hydrogen-bond acceptors (Lipinski definition) is 8. The van der Waals surface area contributed by atoms with Crippen molar-refractivity contribution in [3.05, 3.63) is 68.5 Å². The van der Waals surface area contributed by atoms with E-state index in [1.165, 1.54) is 6.20 Å². The first-order chi connectivity index (χ1) is 14.5. The summed E-state index contributed by atoms with van der Waals surface area (Å²) in [5.41, 5.74) is -0.0700. The Balaban J connectivity index is 2.03. The average molecular weight is 417 g/mol. The molecule has 1 aliphatic heterocycles. The average Bonchev–Trinajstić information content (AvgIpc) is 3.04. The minimum Gasteiger partial charge on any atom is -0.432 e. The Bertz CT molecular complexity index is 1000. The fourth-order valence-corrected chi connectivity index (χ4v) is 3.45. The fourth-order valence-electron chi connectivity index (χ4n) is 3.45. The molecule has 1 N–H and O–H groups in total. The SMILES string of the molecule is C=NO[C@H]1C(OCc2ccccc2)[C@](CC)(OC=O)O[C@H]1n1cc(C)c(=O)[nH]c1=O. The van der Waals surface area contributed by atoms with E-state index in [9.17, 15) is 14.4 Å². The van der Waals surface area contributed by atoms with Gasteiger partial charge >= 0.3 is 5.69 Å². The van der Waals surface area contributed by atoms with Crippen LogP contribution in [0.1, 0.15) is 30.7 Å². The highest BCUT2D eigenvalue weighted by Crippen LogP contribution is 2.43. The van der Waals surface area contributed by atoms with E-state index < -0.39 is 35.5 Å². The molecule has 2 aromatic rings. The summed E-state index contributed by atoms with van der Waals surface area (Å²) in [6, 6.07) is 9.35. The van der Waals surface area contributed by atoms with Gasteiger partial charge < -0.3 is 19.0 Å². The van der Waals surface area contributed by atoms with Crippen molar-refractivity contribution in [2.75, 3.05) is 0 Å². The van der Waals surface area contributed by atoms with Crippen molar-refractivity contribution >= 4 is 13.2 Å². The summed E-state index contributed by atoms with van der Waals surface area (Å²) in [5, 5.41) is 3.49. The lowest BCUT2D eigenvalue weighted by Crippen LogP contribution is -2.47. The lowest BCUT2D eigenvalue weighted by atomic mass is 10.0. The molecule has 1 aromatic heterocycles. The number of benzene rings is 1. The summed E-state index contributed by atoms with van der Waals surface area (Å²) in [6.07, 6.45) is -1.49. The van der Waals surface area contributed by atoms with Gasteiger partial charge in [0.05, 0.1) is 6.61 Å². The quantitative estimate of drug-likeness (QED) is 0.370. The number of carbonyl (C=O) groups excluding carboxylic acids is 1. The van der Waals surface area contributed by atoms with E-state index in [2.05, 4.69) is 16.9 Å².